The number of rotatable bonds is 5. The zero-order valence-corrected chi connectivity index (χ0v) is 14.6. The minimum Gasteiger partial charge on any atom is -0.494 e. The Morgan fingerprint density at radius 2 is 1.86 bits per heavy atom. The standard InChI is InChI=1S/C14H21NO5S2/c1-4-20-12-5-7-13(8-6-12)22(18,19)15(3)14(2)9-10-21(16,17)11-14/h5-8H,4,9-11H2,1-3H3. The minimum absolute atomic E-state index is 0.0205. The monoisotopic (exact) mass is 347 g/mol. The summed E-state index contributed by atoms with van der Waals surface area (Å²) in [5.74, 6) is 0.470. The van der Waals surface area contributed by atoms with Crippen LogP contribution in [-0.2, 0) is 19.9 Å². The van der Waals surface area contributed by atoms with E-state index in [2.05, 4.69) is 0 Å². The van der Waals surface area contributed by atoms with Gasteiger partial charge in [0.15, 0.2) is 9.84 Å². The van der Waals surface area contributed by atoms with Gasteiger partial charge in [-0.3, -0.25) is 0 Å². The molecule has 124 valence electrons. The Morgan fingerprint density at radius 3 is 2.32 bits per heavy atom. The maximum Gasteiger partial charge on any atom is 0.243 e. The van der Waals surface area contributed by atoms with E-state index in [-0.39, 0.29) is 16.4 Å². The van der Waals surface area contributed by atoms with Crippen molar-refractivity contribution in [3.05, 3.63) is 24.3 Å². The first-order valence-corrected chi connectivity index (χ1v) is 10.3. The fourth-order valence-electron chi connectivity index (χ4n) is 2.56. The second-order valence-corrected chi connectivity index (χ2v) is 9.87. The van der Waals surface area contributed by atoms with Crippen molar-refractivity contribution in [2.75, 3.05) is 25.2 Å². The van der Waals surface area contributed by atoms with Crippen molar-refractivity contribution in [1.29, 1.82) is 0 Å². The highest BCUT2D eigenvalue weighted by Gasteiger charge is 2.46. The summed E-state index contributed by atoms with van der Waals surface area (Å²) in [6.45, 7) is 4.02. The molecule has 8 heteroatoms. The van der Waals surface area contributed by atoms with Crippen molar-refractivity contribution in [3.8, 4) is 5.75 Å². The van der Waals surface area contributed by atoms with Crippen molar-refractivity contribution < 1.29 is 21.6 Å². The number of benzene rings is 1. The lowest BCUT2D eigenvalue weighted by Gasteiger charge is -2.33. The molecule has 1 atom stereocenters. The van der Waals surface area contributed by atoms with E-state index in [1.54, 1.807) is 19.1 Å². The number of sulfone groups is 1. The molecule has 1 aliphatic rings. The van der Waals surface area contributed by atoms with Crippen LogP contribution in [0.2, 0.25) is 0 Å². The van der Waals surface area contributed by atoms with E-state index >= 15 is 0 Å². The highest BCUT2D eigenvalue weighted by Crippen LogP contribution is 2.32. The van der Waals surface area contributed by atoms with Gasteiger partial charge in [0, 0.05) is 12.6 Å². The molecular formula is C14H21NO5S2. The van der Waals surface area contributed by atoms with Crippen LogP contribution in [0.25, 0.3) is 0 Å². The molecule has 0 saturated carbocycles. The largest absolute Gasteiger partial charge is 0.494 e. The molecule has 1 fully saturated rings. The van der Waals surface area contributed by atoms with Crippen molar-refractivity contribution in [3.63, 3.8) is 0 Å². The van der Waals surface area contributed by atoms with Gasteiger partial charge in [-0.05, 0) is 44.5 Å². The number of nitrogens with zero attached hydrogens (tertiary/aromatic N) is 1. The van der Waals surface area contributed by atoms with E-state index in [4.69, 9.17) is 4.74 Å². The molecule has 1 saturated heterocycles. The SMILES string of the molecule is CCOc1ccc(S(=O)(=O)N(C)C2(C)CCS(=O)(=O)C2)cc1. The van der Waals surface area contributed by atoms with Crippen LogP contribution < -0.4 is 4.74 Å². The third kappa shape index (κ3) is 3.28. The van der Waals surface area contributed by atoms with Crippen LogP contribution >= 0.6 is 0 Å². The van der Waals surface area contributed by atoms with Gasteiger partial charge in [0.05, 0.1) is 23.0 Å². The lowest BCUT2D eigenvalue weighted by molar-refractivity contribution is 0.272. The molecule has 6 nitrogen and oxygen atoms in total. The van der Waals surface area contributed by atoms with Gasteiger partial charge >= 0.3 is 0 Å². The van der Waals surface area contributed by atoms with Gasteiger partial charge in [-0.1, -0.05) is 0 Å². The molecule has 1 heterocycles. The number of hydrogen-bond donors (Lipinski definition) is 0. The number of sulfonamides is 1. The van der Waals surface area contributed by atoms with Crippen LogP contribution in [0.1, 0.15) is 20.3 Å². The molecule has 2 rings (SSSR count). The smallest absolute Gasteiger partial charge is 0.243 e. The van der Waals surface area contributed by atoms with Crippen LogP contribution in [0.5, 0.6) is 5.75 Å². The van der Waals surface area contributed by atoms with Gasteiger partial charge in [0.2, 0.25) is 10.0 Å². The van der Waals surface area contributed by atoms with Crippen molar-refractivity contribution in [2.45, 2.75) is 30.7 Å². The maximum atomic E-state index is 12.7. The van der Waals surface area contributed by atoms with E-state index in [1.807, 2.05) is 6.92 Å². The first kappa shape index (κ1) is 17.2. The summed E-state index contributed by atoms with van der Waals surface area (Å²) in [4.78, 5) is 0.129. The first-order valence-electron chi connectivity index (χ1n) is 7.03. The Bertz CT molecular complexity index is 740. The molecule has 0 aromatic heterocycles. The van der Waals surface area contributed by atoms with Gasteiger partial charge in [-0.2, -0.15) is 4.31 Å². The third-order valence-electron chi connectivity index (χ3n) is 4.04. The van der Waals surface area contributed by atoms with Crippen molar-refractivity contribution in [1.82, 2.24) is 4.31 Å². The lowest BCUT2D eigenvalue weighted by atomic mass is 10.0. The quantitative estimate of drug-likeness (QED) is 0.801. The fraction of sp³-hybridized carbons (Fsp3) is 0.571. The molecule has 0 radical (unpaired) electrons. The lowest BCUT2D eigenvalue weighted by Crippen LogP contribution is -2.48. The van der Waals surface area contributed by atoms with Crippen LogP contribution in [0, 0.1) is 0 Å². The molecule has 0 bridgehead atoms. The molecule has 0 amide bonds. The fourth-order valence-corrected chi connectivity index (χ4v) is 6.36. The molecule has 1 unspecified atom stereocenters. The Balaban J connectivity index is 2.30. The number of ether oxygens (including phenoxy) is 1. The van der Waals surface area contributed by atoms with Gasteiger partial charge in [-0.15, -0.1) is 0 Å². The summed E-state index contributed by atoms with van der Waals surface area (Å²) < 4.78 is 55.2. The molecule has 1 aromatic rings. The van der Waals surface area contributed by atoms with Gasteiger partial charge in [0.1, 0.15) is 5.75 Å². The molecule has 1 aliphatic heterocycles. The molecule has 1 aromatic carbocycles. The highest BCUT2D eigenvalue weighted by atomic mass is 32.2. The average Bonchev–Trinajstić information content (AvgIpc) is 2.74. The molecule has 0 spiro atoms. The molecule has 22 heavy (non-hydrogen) atoms. The third-order valence-corrected chi connectivity index (χ3v) is 7.95. The molecule has 0 aliphatic carbocycles. The first-order chi connectivity index (χ1) is 10.1. The summed E-state index contributed by atoms with van der Waals surface area (Å²) in [5.41, 5.74) is -0.906. The average molecular weight is 347 g/mol. The Kier molecular flexibility index (Phi) is 4.56. The van der Waals surface area contributed by atoms with Gasteiger partial charge in [-0.25, -0.2) is 16.8 Å². The second-order valence-electron chi connectivity index (χ2n) is 5.72. The summed E-state index contributed by atoms with van der Waals surface area (Å²) in [6.07, 6.45) is 0.308. The Morgan fingerprint density at radius 1 is 1.27 bits per heavy atom. The normalized spacial score (nSPS) is 24.5. The predicted octanol–water partition coefficient (Wildman–Crippen LogP) is 1.28. The summed E-state index contributed by atoms with van der Waals surface area (Å²) in [6, 6.07) is 6.14. The summed E-state index contributed by atoms with van der Waals surface area (Å²) in [5, 5.41) is 0. The second kappa shape index (κ2) is 5.82. The predicted molar refractivity (Wildman–Crippen MR) is 84.2 cm³/mol. The van der Waals surface area contributed by atoms with Crippen LogP contribution in [0.3, 0.4) is 0 Å². The van der Waals surface area contributed by atoms with Crippen LogP contribution in [0.15, 0.2) is 29.2 Å². The van der Waals surface area contributed by atoms with Crippen molar-refractivity contribution in [2.24, 2.45) is 0 Å². The maximum absolute atomic E-state index is 12.7. The zero-order valence-electron chi connectivity index (χ0n) is 12.9. The summed E-state index contributed by atoms with van der Waals surface area (Å²) >= 11 is 0. The molecular weight excluding hydrogens is 326 g/mol. The topological polar surface area (TPSA) is 80.8 Å². The number of hydrogen-bond acceptors (Lipinski definition) is 5. The molecule has 0 N–H and O–H groups in total. The van der Waals surface area contributed by atoms with E-state index in [0.29, 0.717) is 18.8 Å². The van der Waals surface area contributed by atoms with Gasteiger partial charge in [0.25, 0.3) is 0 Å². The Labute approximate surface area is 132 Å². The Hall–Kier alpha value is -1.12. The van der Waals surface area contributed by atoms with Crippen LogP contribution in [-0.4, -0.2) is 51.8 Å². The van der Waals surface area contributed by atoms with E-state index in [9.17, 15) is 16.8 Å². The van der Waals surface area contributed by atoms with Crippen LogP contribution in [0.4, 0.5) is 0 Å². The van der Waals surface area contributed by atoms with E-state index in [0.717, 1.165) is 0 Å². The minimum atomic E-state index is -3.75. The highest BCUT2D eigenvalue weighted by molar-refractivity contribution is 7.92. The van der Waals surface area contributed by atoms with E-state index < -0.39 is 25.4 Å². The van der Waals surface area contributed by atoms with Gasteiger partial charge < -0.3 is 4.74 Å². The van der Waals surface area contributed by atoms with E-state index in [1.165, 1.54) is 23.5 Å². The summed E-state index contributed by atoms with van der Waals surface area (Å²) in [7, 11) is -5.49. The zero-order chi connectivity index (χ0) is 16.6. The van der Waals surface area contributed by atoms with Crippen molar-refractivity contribution >= 4 is 19.9 Å².